The van der Waals surface area contributed by atoms with Crippen LogP contribution in [-0.2, 0) is 16.0 Å². The number of carbonyl (C=O) groups excluding carboxylic acids is 2. The van der Waals surface area contributed by atoms with Gasteiger partial charge in [0.1, 0.15) is 5.82 Å². The van der Waals surface area contributed by atoms with E-state index in [0.29, 0.717) is 34.3 Å². The van der Waals surface area contributed by atoms with Crippen molar-refractivity contribution in [3.63, 3.8) is 0 Å². The topological polar surface area (TPSA) is 49.4 Å². The Hall–Kier alpha value is -2.11. The van der Waals surface area contributed by atoms with Gasteiger partial charge in [0, 0.05) is 18.0 Å². The number of nitrogens with one attached hydrogen (secondary N) is 1. The lowest BCUT2D eigenvalue weighted by Crippen LogP contribution is -2.38. The summed E-state index contributed by atoms with van der Waals surface area (Å²) in [6.45, 7) is 2.27. The highest BCUT2D eigenvalue weighted by Gasteiger charge is 2.17. The first kappa shape index (κ1) is 21.2. The fraction of sp³-hybridized carbons (Fsp3) is 0.300. The van der Waals surface area contributed by atoms with Crippen molar-refractivity contribution in [2.75, 3.05) is 18.4 Å². The SMILES string of the molecule is CCCN(CC(=O)Nc1ccc(Cl)cc1Cl)C(=O)CCc1ccccc1F. The summed E-state index contributed by atoms with van der Waals surface area (Å²) >= 11 is 11.9. The quantitative estimate of drug-likeness (QED) is 0.669. The number of rotatable bonds is 8. The molecule has 27 heavy (non-hydrogen) atoms. The smallest absolute Gasteiger partial charge is 0.244 e. The lowest BCUT2D eigenvalue weighted by molar-refractivity contribution is -0.134. The fourth-order valence-corrected chi connectivity index (χ4v) is 3.07. The van der Waals surface area contributed by atoms with Crippen molar-refractivity contribution in [2.24, 2.45) is 0 Å². The van der Waals surface area contributed by atoms with Crippen LogP contribution < -0.4 is 5.32 Å². The standard InChI is InChI=1S/C20H21Cl2FN2O2/c1-2-11-25(20(27)10-7-14-5-3-4-6-17(14)23)13-19(26)24-18-9-8-15(21)12-16(18)22/h3-6,8-9,12H,2,7,10-11,13H2,1H3,(H,24,26). The summed E-state index contributed by atoms with van der Waals surface area (Å²) in [4.78, 5) is 26.3. The first-order chi connectivity index (χ1) is 12.9. The molecular weight excluding hydrogens is 390 g/mol. The molecule has 144 valence electrons. The Balaban J connectivity index is 1.95. The summed E-state index contributed by atoms with van der Waals surface area (Å²) in [6, 6.07) is 11.1. The molecule has 0 unspecified atom stereocenters. The molecule has 0 bridgehead atoms. The molecule has 0 aliphatic carbocycles. The molecule has 2 aromatic carbocycles. The zero-order valence-corrected chi connectivity index (χ0v) is 16.5. The van der Waals surface area contributed by atoms with Crippen LogP contribution in [0.3, 0.4) is 0 Å². The van der Waals surface area contributed by atoms with E-state index in [-0.39, 0.29) is 37.0 Å². The molecule has 0 aliphatic rings. The van der Waals surface area contributed by atoms with E-state index in [1.165, 1.54) is 17.0 Å². The zero-order valence-electron chi connectivity index (χ0n) is 15.0. The van der Waals surface area contributed by atoms with E-state index in [1.54, 1.807) is 30.3 Å². The second-order valence-electron chi connectivity index (χ2n) is 6.08. The molecule has 0 fully saturated rings. The van der Waals surface area contributed by atoms with Gasteiger partial charge in [0.2, 0.25) is 11.8 Å². The molecule has 0 saturated carbocycles. The lowest BCUT2D eigenvalue weighted by Gasteiger charge is -2.22. The van der Waals surface area contributed by atoms with Crippen molar-refractivity contribution in [3.8, 4) is 0 Å². The maximum absolute atomic E-state index is 13.7. The number of nitrogens with zero attached hydrogens (tertiary/aromatic N) is 1. The fourth-order valence-electron chi connectivity index (χ4n) is 2.62. The Bertz CT molecular complexity index is 814. The van der Waals surface area contributed by atoms with Gasteiger partial charge >= 0.3 is 0 Å². The molecule has 0 heterocycles. The minimum Gasteiger partial charge on any atom is -0.333 e. The van der Waals surface area contributed by atoms with Crippen LogP contribution in [0.2, 0.25) is 10.0 Å². The van der Waals surface area contributed by atoms with Gasteiger partial charge in [-0.3, -0.25) is 9.59 Å². The maximum atomic E-state index is 13.7. The second kappa shape index (κ2) is 10.3. The van der Waals surface area contributed by atoms with Gasteiger partial charge in [-0.15, -0.1) is 0 Å². The predicted octanol–water partition coefficient (Wildman–Crippen LogP) is 4.94. The number of carbonyl (C=O) groups is 2. The Morgan fingerprint density at radius 2 is 1.89 bits per heavy atom. The molecule has 0 saturated heterocycles. The van der Waals surface area contributed by atoms with Crippen molar-refractivity contribution in [2.45, 2.75) is 26.2 Å². The number of halogens is 3. The number of anilines is 1. The monoisotopic (exact) mass is 410 g/mol. The van der Waals surface area contributed by atoms with Crippen molar-refractivity contribution in [1.82, 2.24) is 4.90 Å². The van der Waals surface area contributed by atoms with E-state index in [4.69, 9.17) is 23.2 Å². The largest absolute Gasteiger partial charge is 0.333 e. The van der Waals surface area contributed by atoms with E-state index in [2.05, 4.69) is 5.32 Å². The van der Waals surface area contributed by atoms with Gasteiger partial charge in [-0.05, 0) is 42.7 Å². The third-order valence-electron chi connectivity index (χ3n) is 3.95. The van der Waals surface area contributed by atoms with Gasteiger partial charge in [-0.25, -0.2) is 4.39 Å². The molecule has 2 amide bonds. The predicted molar refractivity (Wildman–Crippen MR) is 107 cm³/mol. The Morgan fingerprint density at radius 3 is 2.56 bits per heavy atom. The molecule has 0 atom stereocenters. The number of aryl methyl sites for hydroxylation is 1. The van der Waals surface area contributed by atoms with Crippen molar-refractivity contribution >= 4 is 40.7 Å². The summed E-state index contributed by atoms with van der Waals surface area (Å²) < 4.78 is 13.7. The van der Waals surface area contributed by atoms with Gasteiger partial charge in [0.25, 0.3) is 0 Å². The molecule has 2 rings (SSSR count). The summed E-state index contributed by atoms with van der Waals surface area (Å²) in [5.74, 6) is -0.883. The molecule has 2 aromatic rings. The number of hydrogen-bond donors (Lipinski definition) is 1. The minimum absolute atomic E-state index is 0.0943. The van der Waals surface area contributed by atoms with Crippen LogP contribution in [0.15, 0.2) is 42.5 Å². The average Bonchev–Trinajstić information content (AvgIpc) is 2.63. The highest BCUT2D eigenvalue weighted by atomic mass is 35.5. The van der Waals surface area contributed by atoms with E-state index in [0.717, 1.165) is 0 Å². The van der Waals surface area contributed by atoms with Crippen LogP contribution in [0, 0.1) is 5.82 Å². The van der Waals surface area contributed by atoms with Gasteiger partial charge < -0.3 is 10.2 Å². The minimum atomic E-state index is -0.355. The van der Waals surface area contributed by atoms with E-state index in [1.807, 2.05) is 6.92 Å². The lowest BCUT2D eigenvalue weighted by atomic mass is 10.1. The van der Waals surface area contributed by atoms with E-state index in [9.17, 15) is 14.0 Å². The molecule has 0 radical (unpaired) electrons. The second-order valence-corrected chi connectivity index (χ2v) is 6.92. The van der Waals surface area contributed by atoms with Gasteiger partial charge in [0.15, 0.2) is 0 Å². The first-order valence-corrected chi connectivity index (χ1v) is 9.42. The Kier molecular flexibility index (Phi) is 8.07. The molecule has 0 spiro atoms. The van der Waals surface area contributed by atoms with Crippen LogP contribution in [-0.4, -0.2) is 29.8 Å². The first-order valence-electron chi connectivity index (χ1n) is 8.66. The third kappa shape index (κ3) is 6.52. The summed E-state index contributed by atoms with van der Waals surface area (Å²) in [5, 5.41) is 3.47. The zero-order chi connectivity index (χ0) is 19.8. The molecule has 7 heteroatoms. The molecule has 0 aromatic heterocycles. The Morgan fingerprint density at radius 1 is 1.15 bits per heavy atom. The Labute approximate surface area is 168 Å². The molecular formula is C20H21Cl2FN2O2. The van der Waals surface area contributed by atoms with E-state index >= 15 is 0 Å². The van der Waals surface area contributed by atoms with Gasteiger partial charge in [-0.1, -0.05) is 48.3 Å². The normalized spacial score (nSPS) is 10.5. The molecule has 0 aliphatic heterocycles. The molecule has 4 nitrogen and oxygen atoms in total. The van der Waals surface area contributed by atoms with Crippen LogP contribution in [0.25, 0.3) is 0 Å². The highest BCUT2D eigenvalue weighted by molar-refractivity contribution is 6.36. The average molecular weight is 411 g/mol. The summed E-state index contributed by atoms with van der Waals surface area (Å²) in [6.07, 6.45) is 1.13. The van der Waals surface area contributed by atoms with Gasteiger partial charge in [0.05, 0.1) is 17.3 Å². The van der Waals surface area contributed by atoms with Crippen molar-refractivity contribution < 1.29 is 14.0 Å². The van der Waals surface area contributed by atoms with E-state index < -0.39 is 0 Å². The summed E-state index contributed by atoms with van der Waals surface area (Å²) in [5.41, 5.74) is 0.918. The highest BCUT2D eigenvalue weighted by Crippen LogP contribution is 2.25. The third-order valence-corrected chi connectivity index (χ3v) is 4.50. The number of benzene rings is 2. The van der Waals surface area contributed by atoms with Crippen molar-refractivity contribution in [1.29, 1.82) is 0 Å². The van der Waals surface area contributed by atoms with Crippen LogP contribution >= 0.6 is 23.2 Å². The molecule has 1 N–H and O–H groups in total. The van der Waals surface area contributed by atoms with Crippen LogP contribution in [0.4, 0.5) is 10.1 Å². The van der Waals surface area contributed by atoms with Crippen molar-refractivity contribution in [3.05, 3.63) is 63.9 Å². The maximum Gasteiger partial charge on any atom is 0.244 e. The number of amides is 2. The summed E-state index contributed by atoms with van der Waals surface area (Å²) in [7, 11) is 0. The van der Waals surface area contributed by atoms with Crippen LogP contribution in [0.5, 0.6) is 0 Å². The van der Waals surface area contributed by atoms with Gasteiger partial charge in [-0.2, -0.15) is 0 Å². The van der Waals surface area contributed by atoms with Crippen LogP contribution in [0.1, 0.15) is 25.3 Å². The number of hydrogen-bond acceptors (Lipinski definition) is 2.